The van der Waals surface area contributed by atoms with Crippen LogP contribution in [0.2, 0.25) is 0 Å². The summed E-state index contributed by atoms with van der Waals surface area (Å²) in [4.78, 5) is 12.2. The first-order valence-electron chi connectivity index (χ1n) is 8.36. The maximum Gasteiger partial charge on any atom is 0.181 e. The number of nitrogens with zero attached hydrogens (tertiary/aromatic N) is 3. The Morgan fingerprint density at radius 3 is 2.88 bits per heavy atom. The molecule has 1 saturated heterocycles. The van der Waals surface area contributed by atoms with Crippen LogP contribution in [0.5, 0.6) is 0 Å². The number of fused-ring (bicyclic) bond motifs is 2. The molecule has 0 bridgehead atoms. The lowest BCUT2D eigenvalue weighted by atomic mass is 9.91. The summed E-state index contributed by atoms with van der Waals surface area (Å²) in [5.74, 6) is 0.581. The van der Waals surface area contributed by atoms with Crippen LogP contribution in [0.4, 0.5) is 0 Å². The van der Waals surface area contributed by atoms with Crippen LogP contribution in [-0.2, 0) is 0 Å². The van der Waals surface area contributed by atoms with Gasteiger partial charge in [-0.2, -0.15) is 5.10 Å². The topological polar surface area (TPSA) is 82.3 Å². The van der Waals surface area contributed by atoms with Gasteiger partial charge in [-0.25, -0.2) is 4.98 Å². The second-order valence-corrected chi connectivity index (χ2v) is 6.41. The fraction of sp³-hybridized carbons (Fsp3) is 0.278. The zero-order valence-corrected chi connectivity index (χ0v) is 13.2. The van der Waals surface area contributed by atoms with E-state index in [-0.39, 0.29) is 0 Å². The average molecular weight is 318 g/mol. The number of aromatic amines is 2. The number of nitrogens with one attached hydrogen (secondary N) is 3. The van der Waals surface area contributed by atoms with E-state index in [0.717, 1.165) is 46.4 Å². The summed E-state index contributed by atoms with van der Waals surface area (Å²) in [6.45, 7) is 2.16. The van der Waals surface area contributed by atoms with Crippen molar-refractivity contribution in [2.45, 2.75) is 18.8 Å². The van der Waals surface area contributed by atoms with Crippen LogP contribution in [0.25, 0.3) is 33.3 Å². The Balaban J connectivity index is 1.62. The van der Waals surface area contributed by atoms with Gasteiger partial charge in [-0.15, -0.1) is 0 Å². The summed E-state index contributed by atoms with van der Waals surface area (Å²) < 4.78 is 0. The zero-order valence-electron chi connectivity index (χ0n) is 13.2. The third-order valence-corrected chi connectivity index (χ3v) is 4.93. The highest BCUT2D eigenvalue weighted by Gasteiger charge is 2.18. The first-order chi connectivity index (χ1) is 11.9. The minimum Gasteiger partial charge on any atom is -0.353 e. The molecule has 4 aromatic heterocycles. The standard InChI is InChI=1S/C18H18N6/c1-4-19-5-2-11(1)12-7-14-17(23-24-18(14)21-10-12)16-8-13-9-20-6-3-15(13)22-16/h3,6-11,19,22H,1-2,4-5H2,(H,21,23,24). The molecule has 0 aliphatic carbocycles. The molecule has 1 fully saturated rings. The molecular formula is C18H18N6. The predicted molar refractivity (Wildman–Crippen MR) is 93.8 cm³/mol. The summed E-state index contributed by atoms with van der Waals surface area (Å²) >= 11 is 0. The normalized spacial score (nSPS) is 16.2. The number of piperidine rings is 1. The molecule has 5 rings (SSSR count). The molecule has 3 N–H and O–H groups in total. The monoisotopic (exact) mass is 318 g/mol. The molecule has 6 heteroatoms. The van der Waals surface area contributed by atoms with Crippen molar-refractivity contribution < 1.29 is 0 Å². The molecular weight excluding hydrogens is 300 g/mol. The number of aromatic nitrogens is 5. The third-order valence-electron chi connectivity index (χ3n) is 4.93. The zero-order chi connectivity index (χ0) is 15.9. The molecule has 1 aliphatic rings. The van der Waals surface area contributed by atoms with Gasteiger partial charge >= 0.3 is 0 Å². The van der Waals surface area contributed by atoms with E-state index in [2.05, 4.69) is 42.6 Å². The van der Waals surface area contributed by atoms with Crippen LogP contribution in [0.15, 0.2) is 36.8 Å². The number of rotatable bonds is 2. The molecule has 0 atom stereocenters. The van der Waals surface area contributed by atoms with Crippen molar-refractivity contribution >= 4 is 21.9 Å². The lowest BCUT2D eigenvalue weighted by Gasteiger charge is -2.22. The summed E-state index contributed by atoms with van der Waals surface area (Å²) in [6.07, 6.45) is 7.98. The van der Waals surface area contributed by atoms with Crippen LogP contribution < -0.4 is 5.32 Å². The minimum absolute atomic E-state index is 0.581. The van der Waals surface area contributed by atoms with E-state index in [0.29, 0.717) is 5.92 Å². The van der Waals surface area contributed by atoms with Crippen molar-refractivity contribution in [2.24, 2.45) is 0 Å². The molecule has 24 heavy (non-hydrogen) atoms. The van der Waals surface area contributed by atoms with E-state index < -0.39 is 0 Å². The van der Waals surface area contributed by atoms with Gasteiger partial charge in [-0.3, -0.25) is 10.1 Å². The van der Waals surface area contributed by atoms with E-state index in [1.807, 2.05) is 18.5 Å². The van der Waals surface area contributed by atoms with Crippen molar-refractivity contribution in [2.75, 3.05) is 13.1 Å². The smallest absolute Gasteiger partial charge is 0.181 e. The second-order valence-electron chi connectivity index (χ2n) is 6.41. The van der Waals surface area contributed by atoms with Crippen molar-refractivity contribution in [3.05, 3.63) is 42.4 Å². The molecule has 0 unspecified atom stereocenters. The summed E-state index contributed by atoms with van der Waals surface area (Å²) in [5.41, 5.74) is 5.16. The van der Waals surface area contributed by atoms with Crippen LogP contribution in [0.3, 0.4) is 0 Å². The molecule has 0 aromatic carbocycles. The Bertz CT molecular complexity index is 976. The van der Waals surface area contributed by atoms with Gasteiger partial charge in [0.25, 0.3) is 0 Å². The molecule has 120 valence electrons. The number of H-pyrrole nitrogens is 2. The Labute approximate surface area is 138 Å². The van der Waals surface area contributed by atoms with Crippen LogP contribution in [0, 0.1) is 0 Å². The molecule has 1 aliphatic heterocycles. The number of pyridine rings is 2. The van der Waals surface area contributed by atoms with E-state index in [9.17, 15) is 0 Å². The van der Waals surface area contributed by atoms with Crippen molar-refractivity contribution in [1.82, 2.24) is 30.5 Å². The third kappa shape index (κ3) is 2.18. The van der Waals surface area contributed by atoms with Gasteiger partial charge in [0.15, 0.2) is 5.65 Å². The van der Waals surface area contributed by atoms with Gasteiger partial charge < -0.3 is 10.3 Å². The van der Waals surface area contributed by atoms with Gasteiger partial charge in [-0.1, -0.05) is 0 Å². The number of hydrogen-bond acceptors (Lipinski definition) is 4. The summed E-state index contributed by atoms with van der Waals surface area (Å²) in [5, 5.41) is 13.1. The largest absolute Gasteiger partial charge is 0.353 e. The molecule has 5 heterocycles. The van der Waals surface area contributed by atoms with Crippen LogP contribution in [0.1, 0.15) is 24.3 Å². The van der Waals surface area contributed by atoms with E-state index >= 15 is 0 Å². The van der Waals surface area contributed by atoms with Gasteiger partial charge in [0.1, 0.15) is 0 Å². The van der Waals surface area contributed by atoms with E-state index in [4.69, 9.17) is 0 Å². The van der Waals surface area contributed by atoms with Crippen molar-refractivity contribution in [1.29, 1.82) is 0 Å². The summed E-state index contributed by atoms with van der Waals surface area (Å²) in [6, 6.07) is 6.34. The molecule has 0 saturated carbocycles. The van der Waals surface area contributed by atoms with Crippen LogP contribution >= 0.6 is 0 Å². The molecule has 0 spiro atoms. The highest BCUT2D eigenvalue weighted by Crippen LogP contribution is 2.31. The minimum atomic E-state index is 0.581. The highest BCUT2D eigenvalue weighted by molar-refractivity contribution is 5.94. The van der Waals surface area contributed by atoms with Gasteiger partial charge in [-0.05, 0) is 55.6 Å². The molecule has 0 radical (unpaired) electrons. The maximum atomic E-state index is 4.57. The maximum absolute atomic E-state index is 4.57. The fourth-order valence-electron chi connectivity index (χ4n) is 3.61. The SMILES string of the molecule is c1cc2[nH]c(-c3[nH]nc4ncc(C5CCNCC5)cc34)cc2cn1. The lowest BCUT2D eigenvalue weighted by Crippen LogP contribution is -2.26. The summed E-state index contributed by atoms with van der Waals surface area (Å²) in [7, 11) is 0. The molecule has 6 nitrogen and oxygen atoms in total. The van der Waals surface area contributed by atoms with E-state index in [1.165, 1.54) is 18.4 Å². The Kier molecular flexibility index (Phi) is 3.09. The quantitative estimate of drug-likeness (QED) is 0.531. The number of hydrogen-bond donors (Lipinski definition) is 3. The fourth-order valence-corrected chi connectivity index (χ4v) is 3.61. The Morgan fingerprint density at radius 2 is 2.00 bits per heavy atom. The molecule has 4 aromatic rings. The lowest BCUT2D eigenvalue weighted by molar-refractivity contribution is 0.460. The second kappa shape index (κ2) is 5.42. The van der Waals surface area contributed by atoms with Crippen molar-refractivity contribution in [3.8, 4) is 11.4 Å². The Morgan fingerprint density at radius 1 is 1.08 bits per heavy atom. The van der Waals surface area contributed by atoms with Crippen molar-refractivity contribution in [3.63, 3.8) is 0 Å². The van der Waals surface area contributed by atoms with Crippen LogP contribution in [-0.4, -0.2) is 38.2 Å². The predicted octanol–water partition coefficient (Wildman–Crippen LogP) is 2.97. The highest BCUT2D eigenvalue weighted by atomic mass is 15.2. The first kappa shape index (κ1) is 13.7. The van der Waals surface area contributed by atoms with E-state index in [1.54, 1.807) is 6.20 Å². The van der Waals surface area contributed by atoms with Gasteiger partial charge in [0, 0.05) is 34.9 Å². The first-order valence-corrected chi connectivity index (χ1v) is 8.36. The molecule has 0 amide bonds. The average Bonchev–Trinajstić information content (AvgIpc) is 3.25. The van der Waals surface area contributed by atoms with Gasteiger partial charge in [0.05, 0.1) is 11.4 Å². The Hall–Kier alpha value is -2.73. The van der Waals surface area contributed by atoms with Gasteiger partial charge in [0.2, 0.25) is 0 Å².